The molecule has 6 heteroatoms. The maximum Gasteiger partial charge on any atom is 0.189 e. The van der Waals surface area contributed by atoms with E-state index in [0.29, 0.717) is 30.3 Å². The summed E-state index contributed by atoms with van der Waals surface area (Å²) in [6.45, 7) is 7.49. The molecule has 146 valence electrons. The Bertz CT molecular complexity index is 951. The fourth-order valence-electron chi connectivity index (χ4n) is 2.77. The van der Waals surface area contributed by atoms with Crippen molar-refractivity contribution in [3.63, 3.8) is 0 Å². The summed E-state index contributed by atoms with van der Waals surface area (Å²) < 4.78 is 18.6. The second-order valence-corrected chi connectivity index (χ2v) is 6.15. The molecule has 0 saturated carbocycles. The Labute approximate surface area is 164 Å². The summed E-state index contributed by atoms with van der Waals surface area (Å²) in [5.41, 5.74) is 1.46. The van der Waals surface area contributed by atoms with Gasteiger partial charge in [0.15, 0.2) is 5.78 Å². The van der Waals surface area contributed by atoms with Gasteiger partial charge in [-0.2, -0.15) is 5.10 Å². The number of hydrogen-bond acceptors (Lipinski definition) is 5. The first-order valence-corrected chi connectivity index (χ1v) is 9.30. The molecule has 2 heterocycles. The van der Waals surface area contributed by atoms with Crippen molar-refractivity contribution >= 4 is 11.9 Å². The van der Waals surface area contributed by atoms with Crippen molar-refractivity contribution in [2.75, 3.05) is 6.61 Å². The number of allylic oxidation sites excluding steroid dienone is 1. The SMILES string of the molecule is CCOc1ccc(OCc2ccc(/C=C/C(=O)c3cnn(CC)c3C)o2)cc1. The molecule has 1 aromatic carbocycles. The molecular weight excluding hydrogens is 356 g/mol. The summed E-state index contributed by atoms with van der Waals surface area (Å²) in [5.74, 6) is 2.72. The van der Waals surface area contributed by atoms with E-state index < -0.39 is 0 Å². The first-order chi connectivity index (χ1) is 13.6. The molecule has 0 aliphatic rings. The predicted octanol–water partition coefficient (Wildman–Crippen LogP) is 4.68. The number of carbonyl (C=O) groups excluding carboxylic acids is 1. The Morgan fingerprint density at radius 1 is 1.11 bits per heavy atom. The van der Waals surface area contributed by atoms with Crippen LogP contribution in [0.2, 0.25) is 0 Å². The minimum absolute atomic E-state index is 0.0965. The Morgan fingerprint density at radius 2 is 1.82 bits per heavy atom. The molecule has 0 unspecified atom stereocenters. The zero-order valence-corrected chi connectivity index (χ0v) is 16.3. The smallest absolute Gasteiger partial charge is 0.189 e. The average Bonchev–Trinajstić information content (AvgIpc) is 3.32. The lowest BCUT2D eigenvalue weighted by Crippen LogP contribution is -2.01. The number of nitrogens with zero attached hydrogens (tertiary/aromatic N) is 2. The van der Waals surface area contributed by atoms with Crippen LogP contribution in [0.4, 0.5) is 0 Å². The maximum atomic E-state index is 12.3. The summed E-state index contributed by atoms with van der Waals surface area (Å²) in [6.07, 6.45) is 4.76. The summed E-state index contributed by atoms with van der Waals surface area (Å²) in [5, 5.41) is 4.20. The van der Waals surface area contributed by atoms with E-state index >= 15 is 0 Å². The summed E-state index contributed by atoms with van der Waals surface area (Å²) in [7, 11) is 0. The van der Waals surface area contributed by atoms with Crippen molar-refractivity contribution in [2.45, 2.75) is 33.9 Å². The molecule has 0 bridgehead atoms. The Kier molecular flexibility index (Phi) is 6.32. The van der Waals surface area contributed by atoms with Crippen molar-refractivity contribution in [1.82, 2.24) is 9.78 Å². The third-order valence-corrected chi connectivity index (χ3v) is 4.27. The van der Waals surface area contributed by atoms with Gasteiger partial charge in [-0.15, -0.1) is 0 Å². The first-order valence-electron chi connectivity index (χ1n) is 9.30. The molecule has 28 heavy (non-hydrogen) atoms. The molecule has 0 saturated heterocycles. The van der Waals surface area contributed by atoms with Crippen LogP contribution < -0.4 is 9.47 Å². The minimum atomic E-state index is -0.0965. The fraction of sp³-hybridized carbons (Fsp3) is 0.273. The summed E-state index contributed by atoms with van der Waals surface area (Å²) in [6, 6.07) is 11.1. The van der Waals surface area contributed by atoms with Crippen LogP contribution >= 0.6 is 0 Å². The van der Waals surface area contributed by atoms with Crippen molar-refractivity contribution in [3.05, 3.63) is 71.4 Å². The number of furan rings is 1. The van der Waals surface area contributed by atoms with E-state index in [9.17, 15) is 4.79 Å². The van der Waals surface area contributed by atoms with Crippen LogP contribution in [-0.4, -0.2) is 22.2 Å². The van der Waals surface area contributed by atoms with Gasteiger partial charge in [0.2, 0.25) is 0 Å². The van der Waals surface area contributed by atoms with Gasteiger partial charge in [-0.3, -0.25) is 9.48 Å². The van der Waals surface area contributed by atoms with Gasteiger partial charge in [0.1, 0.15) is 29.6 Å². The van der Waals surface area contributed by atoms with Crippen molar-refractivity contribution in [2.24, 2.45) is 0 Å². The van der Waals surface area contributed by atoms with Crippen molar-refractivity contribution in [3.8, 4) is 11.5 Å². The molecule has 3 rings (SSSR count). The van der Waals surface area contributed by atoms with Gasteiger partial charge < -0.3 is 13.9 Å². The second-order valence-electron chi connectivity index (χ2n) is 6.15. The van der Waals surface area contributed by atoms with Gasteiger partial charge in [0.05, 0.1) is 18.4 Å². The highest BCUT2D eigenvalue weighted by atomic mass is 16.5. The number of hydrogen-bond donors (Lipinski definition) is 0. The number of rotatable bonds is 9. The molecular formula is C22H24N2O4. The average molecular weight is 380 g/mol. The number of aromatic nitrogens is 2. The van der Waals surface area contributed by atoms with E-state index in [1.165, 1.54) is 6.08 Å². The van der Waals surface area contributed by atoms with Crippen molar-refractivity contribution in [1.29, 1.82) is 0 Å². The van der Waals surface area contributed by atoms with Crippen molar-refractivity contribution < 1.29 is 18.7 Å². The topological polar surface area (TPSA) is 66.5 Å². The number of benzene rings is 1. The second kappa shape index (κ2) is 9.08. The van der Waals surface area contributed by atoms with Crippen LogP contribution in [0.5, 0.6) is 11.5 Å². The molecule has 0 fully saturated rings. The predicted molar refractivity (Wildman–Crippen MR) is 107 cm³/mol. The molecule has 0 aliphatic carbocycles. The highest BCUT2D eigenvalue weighted by Gasteiger charge is 2.11. The first kappa shape index (κ1) is 19.5. The van der Waals surface area contributed by atoms with Gasteiger partial charge in [0.25, 0.3) is 0 Å². The van der Waals surface area contributed by atoms with Crippen LogP contribution in [0.1, 0.15) is 41.4 Å². The molecule has 2 aromatic heterocycles. The van der Waals surface area contributed by atoms with Gasteiger partial charge in [-0.25, -0.2) is 0 Å². The van der Waals surface area contributed by atoms with Crippen LogP contribution in [0.25, 0.3) is 6.08 Å². The maximum absolute atomic E-state index is 12.3. The van der Waals surface area contributed by atoms with Crippen LogP contribution in [0, 0.1) is 6.92 Å². The van der Waals surface area contributed by atoms with E-state index in [2.05, 4.69) is 5.10 Å². The lowest BCUT2D eigenvalue weighted by Gasteiger charge is -2.06. The van der Waals surface area contributed by atoms with Crippen LogP contribution in [-0.2, 0) is 13.2 Å². The van der Waals surface area contributed by atoms with E-state index in [-0.39, 0.29) is 5.78 Å². The minimum Gasteiger partial charge on any atom is -0.494 e. The standard InChI is InChI=1S/C22H24N2O4/c1-4-24-16(3)21(14-23-24)22(25)13-12-19-10-11-20(28-19)15-27-18-8-6-17(7-9-18)26-5-2/h6-14H,4-5,15H2,1-3H3/b13-12+. The largest absolute Gasteiger partial charge is 0.494 e. The quantitative estimate of drug-likeness (QED) is 0.398. The van der Waals surface area contributed by atoms with E-state index in [0.717, 1.165) is 23.7 Å². The number of ether oxygens (including phenoxy) is 2. The molecule has 0 radical (unpaired) electrons. The third-order valence-electron chi connectivity index (χ3n) is 4.27. The van der Waals surface area contributed by atoms with Gasteiger partial charge in [-0.05, 0) is 69.3 Å². The molecule has 0 N–H and O–H groups in total. The summed E-state index contributed by atoms with van der Waals surface area (Å²) in [4.78, 5) is 12.3. The molecule has 0 spiro atoms. The third kappa shape index (κ3) is 4.71. The van der Waals surface area contributed by atoms with Gasteiger partial charge in [0, 0.05) is 12.2 Å². The number of aryl methyl sites for hydroxylation is 1. The van der Waals surface area contributed by atoms with Crippen LogP contribution in [0.15, 0.2) is 53.1 Å². The molecule has 0 amide bonds. The lowest BCUT2D eigenvalue weighted by atomic mass is 10.1. The van der Waals surface area contributed by atoms with E-state index in [1.807, 2.05) is 57.2 Å². The molecule has 3 aromatic rings. The Balaban J connectivity index is 1.56. The highest BCUT2D eigenvalue weighted by molar-refractivity contribution is 6.07. The molecule has 0 aliphatic heterocycles. The normalized spacial score (nSPS) is 11.1. The fourth-order valence-corrected chi connectivity index (χ4v) is 2.77. The Morgan fingerprint density at radius 3 is 2.46 bits per heavy atom. The highest BCUT2D eigenvalue weighted by Crippen LogP contribution is 2.19. The zero-order valence-electron chi connectivity index (χ0n) is 16.3. The Hall–Kier alpha value is -3.28. The zero-order chi connectivity index (χ0) is 19.9. The van der Waals surface area contributed by atoms with Crippen LogP contribution in [0.3, 0.4) is 0 Å². The van der Waals surface area contributed by atoms with E-state index in [1.54, 1.807) is 17.0 Å². The lowest BCUT2D eigenvalue weighted by molar-refractivity contribution is 0.104. The van der Waals surface area contributed by atoms with E-state index in [4.69, 9.17) is 13.9 Å². The van der Waals surface area contributed by atoms with Gasteiger partial charge >= 0.3 is 0 Å². The monoisotopic (exact) mass is 380 g/mol. The van der Waals surface area contributed by atoms with Gasteiger partial charge in [-0.1, -0.05) is 0 Å². The number of carbonyl (C=O) groups is 1. The number of ketones is 1. The molecule has 6 nitrogen and oxygen atoms in total. The molecule has 0 atom stereocenters. The summed E-state index contributed by atoms with van der Waals surface area (Å²) >= 11 is 0.